The first-order chi connectivity index (χ1) is 14.2. The third-order valence-corrected chi connectivity index (χ3v) is 4.29. The highest BCUT2D eigenvalue weighted by Crippen LogP contribution is 2.25. The number of allylic oxidation sites excluding steroid dienone is 5. The summed E-state index contributed by atoms with van der Waals surface area (Å²) < 4.78 is 20.6. The van der Waals surface area contributed by atoms with Crippen LogP contribution in [0, 0.1) is 0 Å². The molecular weight excluding hydrogens is 389 g/mol. The van der Waals surface area contributed by atoms with Crippen LogP contribution < -0.4 is 5.56 Å². The van der Waals surface area contributed by atoms with Crippen molar-refractivity contribution in [3.05, 3.63) is 76.7 Å². The average molecular weight is 411 g/mol. The van der Waals surface area contributed by atoms with Crippen molar-refractivity contribution in [2.24, 2.45) is 0 Å². The summed E-state index contributed by atoms with van der Waals surface area (Å²) in [6, 6.07) is 3.29. The minimum Gasteiger partial charge on any atom is -0.385 e. The number of aliphatic hydroxyl groups is 1. The molecule has 0 saturated heterocycles. The second-order valence-corrected chi connectivity index (χ2v) is 7.13. The summed E-state index contributed by atoms with van der Waals surface area (Å²) in [5, 5.41) is 18.4. The minimum atomic E-state index is -1.33. The van der Waals surface area contributed by atoms with E-state index in [1.54, 1.807) is 31.2 Å². The van der Waals surface area contributed by atoms with Crippen molar-refractivity contribution in [1.29, 1.82) is 0 Å². The number of hydrogen-bond donors (Lipinski definition) is 2. The Morgan fingerprint density at radius 3 is 2.80 bits per heavy atom. The van der Waals surface area contributed by atoms with Crippen LogP contribution in [-0.4, -0.2) is 30.0 Å². The zero-order valence-corrected chi connectivity index (χ0v) is 16.9. The van der Waals surface area contributed by atoms with Crippen molar-refractivity contribution in [2.75, 3.05) is 0 Å². The summed E-state index contributed by atoms with van der Waals surface area (Å²) in [7, 11) is 0. The zero-order valence-electron chi connectivity index (χ0n) is 16.9. The van der Waals surface area contributed by atoms with Gasteiger partial charge in [0.05, 0.1) is 23.4 Å². The minimum absolute atomic E-state index is 0.0497. The van der Waals surface area contributed by atoms with Crippen molar-refractivity contribution in [3.8, 4) is 22.9 Å². The van der Waals surface area contributed by atoms with Gasteiger partial charge in [0.2, 0.25) is 0 Å². The van der Waals surface area contributed by atoms with Gasteiger partial charge in [-0.1, -0.05) is 23.9 Å². The maximum atomic E-state index is 14.2. The predicted octanol–water partition coefficient (Wildman–Crippen LogP) is 3.50. The van der Waals surface area contributed by atoms with Gasteiger partial charge in [-0.2, -0.15) is 5.10 Å². The standard InChI is InChI=1S/C21H22FN5O3/c1-5-6-7-15(22)13(2)12-27-18(16-8-9-30-26-16)10-17(25-27)19-23-11-14(20(28)24-19)21(3,4)29/h5-11,29H,2,12H2,1,3-4H3,(H,23,24,28)/b6-5-,15-7+. The van der Waals surface area contributed by atoms with Crippen LogP contribution >= 0.6 is 0 Å². The molecule has 3 heterocycles. The van der Waals surface area contributed by atoms with E-state index in [0.717, 1.165) is 0 Å². The Hall–Kier alpha value is -3.59. The molecule has 3 rings (SSSR count). The van der Waals surface area contributed by atoms with Crippen LogP contribution in [0.2, 0.25) is 0 Å². The molecule has 0 amide bonds. The Kier molecular flexibility index (Phi) is 5.93. The first-order valence-corrected chi connectivity index (χ1v) is 9.18. The Bertz CT molecular complexity index is 1160. The number of nitrogens with zero attached hydrogens (tertiary/aromatic N) is 4. The number of aromatic amines is 1. The molecule has 0 atom stereocenters. The lowest BCUT2D eigenvalue weighted by Gasteiger charge is -2.15. The van der Waals surface area contributed by atoms with Gasteiger partial charge < -0.3 is 14.6 Å². The van der Waals surface area contributed by atoms with Gasteiger partial charge in [0.15, 0.2) is 5.82 Å². The SMILES string of the molecule is C=C(Cn1nc(-c2ncc(C(C)(C)O)c(=O)[nH]2)cc1-c1ccon1)/C(F)=C\C=C/C. The second kappa shape index (κ2) is 8.42. The zero-order chi connectivity index (χ0) is 21.9. The summed E-state index contributed by atoms with van der Waals surface area (Å²) in [5.74, 6) is -0.274. The van der Waals surface area contributed by atoms with Gasteiger partial charge in [0.1, 0.15) is 23.5 Å². The van der Waals surface area contributed by atoms with Crippen molar-refractivity contribution in [1.82, 2.24) is 24.9 Å². The van der Waals surface area contributed by atoms with E-state index in [1.165, 1.54) is 37.1 Å². The highest BCUT2D eigenvalue weighted by molar-refractivity contribution is 5.62. The number of hydrogen-bond acceptors (Lipinski definition) is 6. The molecule has 0 aliphatic carbocycles. The molecule has 0 spiro atoms. The van der Waals surface area contributed by atoms with E-state index in [2.05, 4.69) is 26.8 Å². The van der Waals surface area contributed by atoms with Crippen molar-refractivity contribution in [2.45, 2.75) is 32.9 Å². The normalized spacial score (nSPS) is 12.6. The summed E-state index contributed by atoms with van der Waals surface area (Å²) in [4.78, 5) is 19.2. The van der Waals surface area contributed by atoms with Crippen LogP contribution in [-0.2, 0) is 12.1 Å². The molecule has 2 N–H and O–H groups in total. The Morgan fingerprint density at radius 1 is 1.43 bits per heavy atom. The Morgan fingerprint density at radius 2 is 2.20 bits per heavy atom. The molecule has 0 radical (unpaired) electrons. The molecule has 30 heavy (non-hydrogen) atoms. The molecule has 156 valence electrons. The van der Waals surface area contributed by atoms with Gasteiger partial charge in [0.25, 0.3) is 5.56 Å². The molecule has 0 saturated carbocycles. The molecule has 0 aromatic carbocycles. The van der Waals surface area contributed by atoms with Crippen LogP contribution in [0.3, 0.4) is 0 Å². The first-order valence-electron chi connectivity index (χ1n) is 9.18. The van der Waals surface area contributed by atoms with Gasteiger partial charge >= 0.3 is 0 Å². The number of halogens is 1. The summed E-state index contributed by atoms with van der Waals surface area (Å²) in [6.45, 7) is 8.61. The van der Waals surface area contributed by atoms with Crippen LogP contribution in [0.15, 0.2) is 70.1 Å². The molecule has 9 heteroatoms. The first kappa shape index (κ1) is 21.1. The molecule has 8 nitrogen and oxygen atoms in total. The molecule has 3 aromatic heterocycles. The van der Waals surface area contributed by atoms with Crippen LogP contribution in [0.5, 0.6) is 0 Å². The van der Waals surface area contributed by atoms with Gasteiger partial charge in [-0.3, -0.25) is 9.48 Å². The molecule has 0 bridgehead atoms. The molecule has 0 fully saturated rings. The quantitative estimate of drug-likeness (QED) is 0.576. The Balaban J connectivity index is 2.02. The molecule has 0 aliphatic rings. The summed E-state index contributed by atoms with van der Waals surface area (Å²) in [5.41, 5.74) is -0.104. The molecule has 3 aromatic rings. The number of aromatic nitrogens is 5. The van der Waals surface area contributed by atoms with Gasteiger partial charge in [-0.05, 0) is 32.9 Å². The third-order valence-electron chi connectivity index (χ3n) is 4.29. The Labute approximate surface area is 172 Å². The van der Waals surface area contributed by atoms with E-state index in [0.29, 0.717) is 17.1 Å². The lowest BCUT2D eigenvalue weighted by atomic mass is 10.0. The summed E-state index contributed by atoms with van der Waals surface area (Å²) in [6.07, 6.45) is 7.32. The van der Waals surface area contributed by atoms with Gasteiger partial charge in [-0.25, -0.2) is 9.37 Å². The fraction of sp³-hybridized carbons (Fsp3) is 0.238. The van der Waals surface area contributed by atoms with E-state index in [4.69, 9.17) is 4.52 Å². The summed E-state index contributed by atoms with van der Waals surface area (Å²) >= 11 is 0. The lowest BCUT2D eigenvalue weighted by molar-refractivity contribution is 0.0766. The van der Waals surface area contributed by atoms with Gasteiger partial charge in [-0.15, -0.1) is 0 Å². The van der Waals surface area contributed by atoms with Crippen LogP contribution in [0.1, 0.15) is 26.3 Å². The van der Waals surface area contributed by atoms with Crippen LogP contribution in [0.4, 0.5) is 4.39 Å². The molecule has 0 unspecified atom stereocenters. The van der Waals surface area contributed by atoms with E-state index in [9.17, 15) is 14.3 Å². The highest BCUT2D eigenvalue weighted by Gasteiger charge is 2.22. The van der Waals surface area contributed by atoms with E-state index >= 15 is 0 Å². The number of H-pyrrole nitrogens is 1. The fourth-order valence-corrected chi connectivity index (χ4v) is 2.72. The number of nitrogens with one attached hydrogen (secondary N) is 1. The van der Waals surface area contributed by atoms with Crippen molar-refractivity contribution in [3.63, 3.8) is 0 Å². The predicted molar refractivity (Wildman–Crippen MR) is 110 cm³/mol. The highest BCUT2D eigenvalue weighted by atomic mass is 19.1. The van der Waals surface area contributed by atoms with Crippen molar-refractivity contribution < 1.29 is 14.0 Å². The lowest BCUT2D eigenvalue weighted by Crippen LogP contribution is -2.27. The van der Waals surface area contributed by atoms with Crippen LogP contribution in [0.25, 0.3) is 22.9 Å². The largest absolute Gasteiger partial charge is 0.385 e. The van der Waals surface area contributed by atoms with Crippen molar-refractivity contribution >= 4 is 0 Å². The molecule has 0 aliphatic heterocycles. The fourth-order valence-electron chi connectivity index (χ4n) is 2.72. The third kappa shape index (κ3) is 4.52. The molecular formula is C21H22FN5O3. The second-order valence-electron chi connectivity index (χ2n) is 7.13. The van der Waals surface area contributed by atoms with Gasteiger partial charge in [0, 0.05) is 17.8 Å². The maximum absolute atomic E-state index is 14.2. The average Bonchev–Trinajstić information content (AvgIpc) is 3.34. The number of rotatable bonds is 7. The van der Waals surface area contributed by atoms with E-state index in [1.807, 2.05) is 0 Å². The monoisotopic (exact) mass is 411 g/mol. The van der Waals surface area contributed by atoms with E-state index < -0.39 is 17.0 Å². The van der Waals surface area contributed by atoms with E-state index in [-0.39, 0.29) is 23.5 Å². The topological polar surface area (TPSA) is 110 Å². The smallest absolute Gasteiger partial charge is 0.257 e. The maximum Gasteiger partial charge on any atom is 0.257 e.